The molecule has 0 saturated heterocycles. The molecule has 0 saturated carbocycles. The number of carbonyl (C=O) groups excluding carboxylic acids is 3. The fraction of sp³-hybridized carbons (Fsp3) is 0.357. The third kappa shape index (κ3) is 6.10. The summed E-state index contributed by atoms with van der Waals surface area (Å²) in [6, 6.07) is 7.01. The number of aliphatic hydroxyl groups excluding tert-OH is 1. The zero-order valence-electron chi connectivity index (χ0n) is 11.1. The number of hydrogen-bond acceptors (Lipinski definition) is 4. The van der Waals surface area contributed by atoms with Gasteiger partial charge in [-0.2, -0.15) is 0 Å². The fourth-order valence-electron chi connectivity index (χ4n) is 1.63. The Morgan fingerprint density at radius 3 is 2.25 bits per heavy atom. The molecule has 1 rings (SSSR count). The smallest absolute Gasteiger partial charge is 0.250 e. The Labute approximate surface area is 117 Å². The zero-order valence-corrected chi connectivity index (χ0v) is 11.1. The number of rotatable bonds is 8. The number of aliphatic hydroxyl groups is 1. The lowest BCUT2D eigenvalue weighted by molar-refractivity contribution is -0.123. The van der Waals surface area contributed by atoms with Crippen molar-refractivity contribution in [2.45, 2.75) is 25.7 Å². The molecule has 108 valence electrons. The van der Waals surface area contributed by atoms with Crippen LogP contribution in [0.25, 0.3) is 0 Å². The molecule has 6 heteroatoms. The number of nitrogens with one attached hydrogen (secondary N) is 1. The Balaban J connectivity index is 2.39. The summed E-state index contributed by atoms with van der Waals surface area (Å²) in [5, 5.41) is 11.1. The number of hydrogen-bond donors (Lipinski definition) is 3. The average Bonchev–Trinajstić information content (AvgIpc) is 2.44. The van der Waals surface area contributed by atoms with E-state index >= 15 is 0 Å². The van der Waals surface area contributed by atoms with Crippen LogP contribution in [0.4, 0.5) is 5.69 Å². The lowest BCUT2D eigenvalue weighted by Crippen LogP contribution is -2.15. The second kappa shape index (κ2) is 8.06. The van der Waals surface area contributed by atoms with Crippen LogP contribution in [-0.4, -0.2) is 29.3 Å². The summed E-state index contributed by atoms with van der Waals surface area (Å²) in [6.45, 7) is -0.559. The molecule has 0 unspecified atom stereocenters. The molecular formula is C14H18N2O4. The van der Waals surface area contributed by atoms with Crippen molar-refractivity contribution >= 4 is 23.3 Å². The quantitative estimate of drug-likeness (QED) is 0.638. The van der Waals surface area contributed by atoms with Gasteiger partial charge in [0.15, 0.2) is 0 Å². The van der Waals surface area contributed by atoms with Gasteiger partial charge in [0, 0.05) is 24.9 Å². The summed E-state index contributed by atoms with van der Waals surface area (Å²) in [7, 11) is 0. The van der Waals surface area contributed by atoms with E-state index in [0.29, 0.717) is 18.5 Å². The van der Waals surface area contributed by atoms with Gasteiger partial charge < -0.3 is 16.2 Å². The molecule has 0 spiro atoms. The SMILES string of the molecule is NC(=O)CCC(=O)CCc1ccc(NC(=O)CO)cc1. The molecule has 1 aromatic rings. The molecule has 1 aromatic carbocycles. The van der Waals surface area contributed by atoms with E-state index in [1.165, 1.54) is 0 Å². The molecular weight excluding hydrogens is 260 g/mol. The molecule has 0 radical (unpaired) electrons. The number of amides is 2. The molecule has 2 amide bonds. The molecule has 0 aliphatic carbocycles. The molecule has 6 nitrogen and oxygen atoms in total. The van der Waals surface area contributed by atoms with Gasteiger partial charge in [0.2, 0.25) is 11.8 Å². The lowest BCUT2D eigenvalue weighted by atomic mass is 10.0. The Morgan fingerprint density at radius 1 is 1.05 bits per heavy atom. The van der Waals surface area contributed by atoms with Gasteiger partial charge in [0.25, 0.3) is 0 Å². The van der Waals surface area contributed by atoms with Gasteiger partial charge >= 0.3 is 0 Å². The summed E-state index contributed by atoms with van der Waals surface area (Å²) in [4.78, 5) is 33.0. The van der Waals surface area contributed by atoms with Crippen molar-refractivity contribution in [3.8, 4) is 0 Å². The van der Waals surface area contributed by atoms with E-state index < -0.39 is 18.4 Å². The van der Waals surface area contributed by atoms with Gasteiger partial charge in [-0.05, 0) is 24.1 Å². The maximum absolute atomic E-state index is 11.5. The first kappa shape index (κ1) is 15.8. The van der Waals surface area contributed by atoms with Crippen LogP contribution in [0.15, 0.2) is 24.3 Å². The second-order valence-electron chi connectivity index (χ2n) is 4.41. The highest BCUT2D eigenvalue weighted by atomic mass is 16.3. The van der Waals surface area contributed by atoms with Crippen LogP contribution < -0.4 is 11.1 Å². The van der Waals surface area contributed by atoms with Crippen molar-refractivity contribution in [1.82, 2.24) is 0 Å². The van der Waals surface area contributed by atoms with Crippen molar-refractivity contribution in [1.29, 1.82) is 0 Å². The third-order valence-electron chi connectivity index (χ3n) is 2.72. The minimum atomic E-state index is -0.559. The molecule has 0 aromatic heterocycles. The number of Topliss-reactive ketones (excluding diaryl/α,β-unsaturated/α-hetero) is 1. The largest absolute Gasteiger partial charge is 0.387 e. The molecule has 0 aliphatic heterocycles. The highest BCUT2D eigenvalue weighted by Gasteiger charge is 2.05. The van der Waals surface area contributed by atoms with Crippen LogP contribution >= 0.6 is 0 Å². The van der Waals surface area contributed by atoms with Gasteiger partial charge in [-0.3, -0.25) is 14.4 Å². The minimum Gasteiger partial charge on any atom is -0.387 e. The van der Waals surface area contributed by atoms with Crippen molar-refractivity contribution in [2.75, 3.05) is 11.9 Å². The summed E-state index contributed by atoms with van der Waals surface area (Å²) < 4.78 is 0. The normalized spacial score (nSPS) is 10.1. The summed E-state index contributed by atoms with van der Waals surface area (Å²) in [5.74, 6) is -0.942. The zero-order chi connectivity index (χ0) is 15.0. The van der Waals surface area contributed by atoms with E-state index in [-0.39, 0.29) is 18.6 Å². The number of benzene rings is 1. The van der Waals surface area contributed by atoms with E-state index in [2.05, 4.69) is 5.32 Å². The first-order valence-corrected chi connectivity index (χ1v) is 6.31. The standard InChI is InChI=1S/C14H18N2O4/c15-13(19)8-7-12(18)6-3-10-1-4-11(5-2-10)16-14(20)9-17/h1-2,4-5,17H,3,6-9H2,(H2,15,19)(H,16,20). The monoisotopic (exact) mass is 278 g/mol. The van der Waals surface area contributed by atoms with E-state index in [1.807, 2.05) is 0 Å². The third-order valence-corrected chi connectivity index (χ3v) is 2.72. The van der Waals surface area contributed by atoms with Crippen molar-refractivity contribution in [3.05, 3.63) is 29.8 Å². The second-order valence-corrected chi connectivity index (χ2v) is 4.41. The first-order chi connectivity index (χ1) is 9.51. The first-order valence-electron chi connectivity index (χ1n) is 6.31. The maximum atomic E-state index is 11.5. The maximum Gasteiger partial charge on any atom is 0.250 e. The molecule has 0 fully saturated rings. The number of aryl methyl sites for hydroxylation is 1. The van der Waals surface area contributed by atoms with Crippen LogP contribution in [0, 0.1) is 0 Å². The topological polar surface area (TPSA) is 109 Å². The van der Waals surface area contributed by atoms with Crippen LogP contribution in [0.5, 0.6) is 0 Å². The van der Waals surface area contributed by atoms with Gasteiger partial charge in [-0.1, -0.05) is 12.1 Å². The lowest BCUT2D eigenvalue weighted by Gasteiger charge is -2.05. The predicted octanol–water partition coefficient (Wildman–Crippen LogP) is 0.385. The Hall–Kier alpha value is -2.21. The average molecular weight is 278 g/mol. The van der Waals surface area contributed by atoms with Crippen LogP contribution in [0.2, 0.25) is 0 Å². The van der Waals surface area contributed by atoms with E-state index in [1.54, 1.807) is 24.3 Å². The van der Waals surface area contributed by atoms with E-state index in [0.717, 1.165) is 5.56 Å². The number of primary amides is 1. The van der Waals surface area contributed by atoms with Crippen LogP contribution in [0.1, 0.15) is 24.8 Å². The molecule has 0 bridgehead atoms. The summed E-state index contributed by atoms with van der Waals surface area (Å²) in [5.41, 5.74) is 6.52. The molecule has 0 aliphatic rings. The predicted molar refractivity (Wildman–Crippen MR) is 73.9 cm³/mol. The van der Waals surface area contributed by atoms with Gasteiger partial charge in [-0.25, -0.2) is 0 Å². The van der Waals surface area contributed by atoms with Gasteiger partial charge in [0.05, 0.1) is 0 Å². The van der Waals surface area contributed by atoms with Crippen molar-refractivity contribution < 1.29 is 19.5 Å². The van der Waals surface area contributed by atoms with Crippen LogP contribution in [-0.2, 0) is 20.8 Å². The van der Waals surface area contributed by atoms with E-state index in [4.69, 9.17) is 10.8 Å². The van der Waals surface area contributed by atoms with Gasteiger partial charge in [-0.15, -0.1) is 0 Å². The summed E-state index contributed by atoms with van der Waals surface area (Å²) in [6.07, 6.45) is 1.20. The summed E-state index contributed by atoms with van der Waals surface area (Å²) >= 11 is 0. The molecule has 20 heavy (non-hydrogen) atoms. The number of carbonyl (C=O) groups is 3. The molecule has 0 heterocycles. The highest BCUT2D eigenvalue weighted by Crippen LogP contribution is 2.11. The minimum absolute atomic E-state index is 0.00135. The Bertz CT molecular complexity index is 482. The highest BCUT2D eigenvalue weighted by molar-refractivity contribution is 5.91. The Morgan fingerprint density at radius 2 is 1.70 bits per heavy atom. The van der Waals surface area contributed by atoms with Crippen molar-refractivity contribution in [3.63, 3.8) is 0 Å². The Kier molecular flexibility index (Phi) is 6.39. The number of nitrogens with two attached hydrogens (primary N) is 1. The number of anilines is 1. The van der Waals surface area contributed by atoms with Crippen LogP contribution in [0.3, 0.4) is 0 Å². The molecule has 4 N–H and O–H groups in total. The molecule has 0 atom stereocenters. The number of ketones is 1. The van der Waals surface area contributed by atoms with E-state index in [9.17, 15) is 14.4 Å². The van der Waals surface area contributed by atoms with Gasteiger partial charge in [0.1, 0.15) is 12.4 Å². The fourth-order valence-corrected chi connectivity index (χ4v) is 1.63. The van der Waals surface area contributed by atoms with Crippen molar-refractivity contribution in [2.24, 2.45) is 5.73 Å².